The standard InChI is InChI=1S/C26H23F5N3O5P/c1-38-16-11-18(27)21(19(28)12-16)17-13-34(23-20(40(2,3)37)5-4-10-32-23)25(36)22(17)33-24(35)14-6-8-15(9-7-14)39-26(29,30)31/h4-12,17,22H,13H2,1-3H3,(H,33,35)/t17-,22-/m0/s1. The molecule has 14 heteroatoms. The van der Waals surface area contributed by atoms with Crippen LogP contribution < -0.4 is 25.0 Å². The van der Waals surface area contributed by atoms with Crippen molar-refractivity contribution in [1.82, 2.24) is 10.3 Å². The highest BCUT2D eigenvalue weighted by atomic mass is 31.2. The molecule has 4 rings (SSSR count). The summed E-state index contributed by atoms with van der Waals surface area (Å²) in [6.07, 6.45) is -3.57. The van der Waals surface area contributed by atoms with Crippen molar-refractivity contribution in [3.8, 4) is 11.5 Å². The second kappa shape index (κ2) is 10.9. The molecule has 212 valence electrons. The number of nitrogens with zero attached hydrogens (tertiary/aromatic N) is 2. The fourth-order valence-corrected chi connectivity index (χ4v) is 5.53. The largest absolute Gasteiger partial charge is 0.573 e. The smallest absolute Gasteiger partial charge is 0.497 e. The van der Waals surface area contributed by atoms with Gasteiger partial charge in [0.25, 0.3) is 11.8 Å². The predicted octanol–water partition coefficient (Wildman–Crippen LogP) is 4.44. The Morgan fingerprint density at radius 1 is 1.07 bits per heavy atom. The number of anilines is 1. The molecule has 0 bridgehead atoms. The van der Waals surface area contributed by atoms with E-state index in [2.05, 4.69) is 15.0 Å². The summed E-state index contributed by atoms with van der Waals surface area (Å²) < 4.78 is 89.4. The highest BCUT2D eigenvalue weighted by molar-refractivity contribution is 7.70. The van der Waals surface area contributed by atoms with Crippen LogP contribution in [0.4, 0.5) is 27.8 Å². The van der Waals surface area contributed by atoms with Gasteiger partial charge >= 0.3 is 6.36 Å². The second-order valence-electron chi connectivity index (χ2n) is 9.28. The van der Waals surface area contributed by atoms with Crippen molar-refractivity contribution in [1.29, 1.82) is 0 Å². The van der Waals surface area contributed by atoms with E-state index in [0.29, 0.717) is 0 Å². The number of rotatable bonds is 7. The molecule has 0 aliphatic carbocycles. The van der Waals surface area contributed by atoms with E-state index >= 15 is 8.78 Å². The van der Waals surface area contributed by atoms with Gasteiger partial charge in [-0.2, -0.15) is 0 Å². The Hall–Kier alpha value is -3.99. The van der Waals surface area contributed by atoms with Crippen LogP contribution in [0.15, 0.2) is 54.7 Å². The highest BCUT2D eigenvalue weighted by Gasteiger charge is 2.46. The molecule has 1 saturated heterocycles. The lowest BCUT2D eigenvalue weighted by Gasteiger charge is -2.21. The first-order chi connectivity index (χ1) is 18.7. The van der Waals surface area contributed by atoms with Crippen LogP contribution in [-0.4, -0.2) is 56.2 Å². The third-order valence-corrected chi connectivity index (χ3v) is 7.72. The number of carbonyl (C=O) groups is 2. The zero-order chi connectivity index (χ0) is 29.4. The van der Waals surface area contributed by atoms with Gasteiger partial charge in [-0.15, -0.1) is 13.2 Å². The SMILES string of the molecule is COc1cc(F)c([C@@H]2CN(c3ncccc3P(C)(C)=O)C(=O)[C@H]2NC(=O)c2ccc(OC(F)(F)F)cc2)c(F)c1. The topological polar surface area (TPSA) is 97.8 Å². The van der Waals surface area contributed by atoms with Gasteiger partial charge in [0, 0.05) is 41.9 Å². The molecule has 0 saturated carbocycles. The minimum absolute atomic E-state index is 0.0190. The minimum Gasteiger partial charge on any atom is -0.497 e. The fourth-order valence-electron chi connectivity index (χ4n) is 4.43. The molecule has 8 nitrogen and oxygen atoms in total. The Balaban J connectivity index is 1.73. The molecular weight excluding hydrogens is 560 g/mol. The lowest BCUT2D eigenvalue weighted by molar-refractivity contribution is -0.274. The maximum atomic E-state index is 15.2. The van der Waals surface area contributed by atoms with Crippen molar-refractivity contribution in [2.45, 2.75) is 18.3 Å². The van der Waals surface area contributed by atoms with E-state index < -0.39 is 60.2 Å². The van der Waals surface area contributed by atoms with Gasteiger partial charge in [0.05, 0.1) is 12.4 Å². The van der Waals surface area contributed by atoms with Gasteiger partial charge < -0.3 is 19.4 Å². The quantitative estimate of drug-likeness (QED) is 0.326. The average molecular weight is 583 g/mol. The predicted molar refractivity (Wildman–Crippen MR) is 136 cm³/mol. The summed E-state index contributed by atoms with van der Waals surface area (Å²) in [5, 5.41) is 2.70. The van der Waals surface area contributed by atoms with Crippen LogP contribution in [0.2, 0.25) is 0 Å². The summed E-state index contributed by atoms with van der Waals surface area (Å²) in [7, 11) is -1.75. The molecule has 40 heavy (non-hydrogen) atoms. The molecule has 0 spiro atoms. The van der Waals surface area contributed by atoms with E-state index in [-0.39, 0.29) is 29.0 Å². The van der Waals surface area contributed by atoms with Crippen LogP contribution in [0.25, 0.3) is 0 Å². The van der Waals surface area contributed by atoms with E-state index in [1.807, 2.05) is 0 Å². The van der Waals surface area contributed by atoms with Crippen molar-refractivity contribution >= 4 is 30.1 Å². The molecule has 0 radical (unpaired) electrons. The third kappa shape index (κ3) is 6.09. The zero-order valence-corrected chi connectivity index (χ0v) is 22.2. The fraction of sp³-hybridized carbons (Fsp3) is 0.269. The Kier molecular flexibility index (Phi) is 7.89. The van der Waals surface area contributed by atoms with E-state index in [9.17, 15) is 27.3 Å². The van der Waals surface area contributed by atoms with Gasteiger partial charge in [0.2, 0.25) is 0 Å². The summed E-state index contributed by atoms with van der Waals surface area (Å²) >= 11 is 0. The number of hydrogen-bond donors (Lipinski definition) is 1. The van der Waals surface area contributed by atoms with Crippen molar-refractivity contribution < 1.29 is 45.6 Å². The molecule has 2 atom stereocenters. The second-order valence-corrected chi connectivity index (χ2v) is 12.5. The van der Waals surface area contributed by atoms with Gasteiger partial charge in [-0.3, -0.25) is 14.5 Å². The Labute approximate surface area is 225 Å². The summed E-state index contributed by atoms with van der Waals surface area (Å²) in [4.78, 5) is 32.0. The Bertz CT molecular complexity index is 1470. The molecule has 1 aliphatic heterocycles. The first-order valence-electron chi connectivity index (χ1n) is 11.7. The number of hydrogen-bond acceptors (Lipinski definition) is 6. The number of benzene rings is 2. The Morgan fingerprint density at radius 3 is 2.25 bits per heavy atom. The molecule has 1 N–H and O–H groups in total. The molecule has 2 amide bonds. The van der Waals surface area contributed by atoms with Crippen LogP contribution in [0, 0.1) is 11.6 Å². The number of aromatic nitrogens is 1. The summed E-state index contributed by atoms with van der Waals surface area (Å²) in [6, 6.07) is 7.30. The Morgan fingerprint density at radius 2 is 1.70 bits per heavy atom. The van der Waals surface area contributed by atoms with Crippen LogP contribution in [0.3, 0.4) is 0 Å². The number of alkyl halides is 3. The van der Waals surface area contributed by atoms with Gasteiger partial charge in [0.15, 0.2) is 0 Å². The molecule has 1 aliphatic rings. The van der Waals surface area contributed by atoms with E-state index in [0.717, 1.165) is 41.3 Å². The van der Waals surface area contributed by atoms with Crippen molar-refractivity contribution in [3.05, 3.63) is 77.5 Å². The molecule has 2 aromatic carbocycles. The zero-order valence-electron chi connectivity index (χ0n) is 21.3. The van der Waals surface area contributed by atoms with Crippen LogP contribution in [0.1, 0.15) is 21.8 Å². The number of nitrogens with one attached hydrogen (secondary N) is 1. The van der Waals surface area contributed by atoms with Crippen LogP contribution in [0.5, 0.6) is 11.5 Å². The van der Waals surface area contributed by atoms with E-state index in [1.54, 1.807) is 0 Å². The molecule has 0 unspecified atom stereocenters. The lowest BCUT2D eigenvalue weighted by Crippen LogP contribution is -2.44. The molecular formula is C26H23F5N3O5P. The van der Waals surface area contributed by atoms with Gasteiger partial charge in [-0.25, -0.2) is 13.8 Å². The molecule has 1 fully saturated rings. The molecule has 2 heterocycles. The third-order valence-electron chi connectivity index (χ3n) is 6.21. The first-order valence-corrected chi connectivity index (χ1v) is 14.3. The van der Waals surface area contributed by atoms with Crippen molar-refractivity contribution in [2.24, 2.45) is 0 Å². The number of ether oxygens (including phenoxy) is 2. The summed E-state index contributed by atoms with van der Waals surface area (Å²) in [5.74, 6) is -5.65. The first kappa shape index (κ1) is 29.0. The average Bonchev–Trinajstić information content (AvgIpc) is 3.17. The highest BCUT2D eigenvalue weighted by Crippen LogP contribution is 2.41. The van der Waals surface area contributed by atoms with Crippen molar-refractivity contribution in [3.63, 3.8) is 0 Å². The van der Waals surface area contributed by atoms with Crippen molar-refractivity contribution in [2.75, 3.05) is 31.9 Å². The summed E-state index contributed by atoms with van der Waals surface area (Å²) in [5.41, 5.74) is -0.634. The van der Waals surface area contributed by atoms with E-state index in [4.69, 9.17) is 4.74 Å². The number of halogens is 5. The number of amides is 2. The molecule has 1 aromatic heterocycles. The van der Waals surface area contributed by atoms with Gasteiger partial charge in [-0.05, 0) is 49.7 Å². The monoisotopic (exact) mass is 583 g/mol. The van der Waals surface area contributed by atoms with E-state index in [1.165, 1.54) is 38.8 Å². The number of pyridine rings is 1. The number of methoxy groups -OCH3 is 1. The maximum Gasteiger partial charge on any atom is 0.573 e. The maximum absolute atomic E-state index is 15.2. The van der Waals surface area contributed by atoms with Gasteiger partial charge in [-0.1, -0.05) is 0 Å². The van der Waals surface area contributed by atoms with Crippen LogP contribution in [-0.2, 0) is 9.36 Å². The molecule has 3 aromatic rings. The van der Waals surface area contributed by atoms with Crippen LogP contribution >= 0.6 is 7.14 Å². The van der Waals surface area contributed by atoms with Gasteiger partial charge in [0.1, 0.15) is 42.1 Å². The minimum atomic E-state index is -4.94. The summed E-state index contributed by atoms with van der Waals surface area (Å²) in [6.45, 7) is 2.62. The lowest BCUT2D eigenvalue weighted by atomic mass is 9.92. The number of carbonyl (C=O) groups excluding carboxylic acids is 2. The normalized spacial score (nSPS) is 17.6.